The van der Waals surface area contributed by atoms with Crippen LogP contribution in [0.2, 0.25) is 0 Å². The molecule has 0 aliphatic carbocycles. The first-order valence-electron chi connectivity index (χ1n) is 5.38. The van der Waals surface area contributed by atoms with Gasteiger partial charge < -0.3 is 10.2 Å². The molecule has 2 rings (SSSR count). The molecule has 1 atom stereocenters. The molecule has 0 aromatic rings. The Bertz CT molecular complexity index is 298. The lowest BCUT2D eigenvalue weighted by Crippen LogP contribution is -2.44. The van der Waals surface area contributed by atoms with Gasteiger partial charge in [-0.3, -0.25) is 4.79 Å². The Labute approximate surface area is 100 Å². The minimum atomic E-state index is -0.454. The number of amides is 1. The Hall–Kier alpha value is -0.970. The third-order valence-electron chi connectivity index (χ3n) is 3.15. The van der Waals surface area contributed by atoms with Crippen molar-refractivity contribution in [3.63, 3.8) is 0 Å². The minimum Gasteiger partial charge on any atom is -0.339 e. The smallest absolute Gasteiger partial charge is 0.231 e. The lowest BCUT2D eigenvalue weighted by Gasteiger charge is -2.31. The van der Waals surface area contributed by atoms with Gasteiger partial charge in [0, 0.05) is 17.5 Å². The molecule has 2 aliphatic rings. The second-order valence-electron chi connectivity index (χ2n) is 4.02. The first-order valence-corrected chi connectivity index (χ1v) is 5.38. The van der Waals surface area contributed by atoms with Crippen molar-refractivity contribution >= 4 is 18.3 Å². The van der Waals surface area contributed by atoms with Crippen molar-refractivity contribution in [3.8, 4) is 0 Å². The summed E-state index contributed by atoms with van der Waals surface area (Å²) < 4.78 is 0. The van der Waals surface area contributed by atoms with Crippen LogP contribution in [0.15, 0.2) is 5.11 Å². The van der Waals surface area contributed by atoms with Gasteiger partial charge in [-0.25, -0.2) is 0 Å². The average Bonchev–Trinajstić information content (AvgIpc) is 2.63. The van der Waals surface area contributed by atoms with E-state index in [0.717, 1.165) is 32.5 Å². The summed E-state index contributed by atoms with van der Waals surface area (Å²) in [4.78, 5) is 16.4. The van der Waals surface area contributed by atoms with E-state index in [-0.39, 0.29) is 18.3 Å². The molecule has 6 nitrogen and oxygen atoms in total. The zero-order valence-electron chi connectivity index (χ0n) is 9.00. The SMILES string of the molecule is Cl.[N-]=[N+]=NC1CCN(C2CCNCC2)C1=O. The van der Waals surface area contributed by atoms with Gasteiger partial charge in [0.05, 0.1) is 0 Å². The second kappa shape index (κ2) is 5.94. The molecule has 0 aromatic carbocycles. The number of azide groups is 1. The molecule has 2 saturated heterocycles. The van der Waals surface area contributed by atoms with E-state index in [9.17, 15) is 4.79 Å². The fourth-order valence-electron chi connectivity index (χ4n) is 2.34. The number of halogens is 1. The normalized spacial score (nSPS) is 26.1. The molecule has 90 valence electrons. The van der Waals surface area contributed by atoms with Gasteiger partial charge in [-0.05, 0) is 37.9 Å². The average molecular weight is 246 g/mol. The zero-order chi connectivity index (χ0) is 10.7. The van der Waals surface area contributed by atoms with Gasteiger partial charge in [0.1, 0.15) is 6.04 Å². The van der Waals surface area contributed by atoms with Crippen molar-refractivity contribution in [1.82, 2.24) is 10.2 Å². The summed E-state index contributed by atoms with van der Waals surface area (Å²) in [6.45, 7) is 2.69. The number of hydrogen-bond acceptors (Lipinski definition) is 3. The Morgan fingerprint density at radius 1 is 1.38 bits per heavy atom. The number of likely N-dealkylation sites (tertiary alicyclic amines) is 1. The van der Waals surface area contributed by atoms with Gasteiger partial charge in [0.15, 0.2) is 0 Å². The van der Waals surface area contributed by atoms with E-state index in [1.54, 1.807) is 0 Å². The second-order valence-corrected chi connectivity index (χ2v) is 4.02. The van der Waals surface area contributed by atoms with Gasteiger partial charge in [0.2, 0.25) is 5.91 Å². The maximum absolute atomic E-state index is 11.8. The topological polar surface area (TPSA) is 81.1 Å². The summed E-state index contributed by atoms with van der Waals surface area (Å²) >= 11 is 0. The highest BCUT2D eigenvalue weighted by Gasteiger charge is 2.35. The highest BCUT2D eigenvalue weighted by Crippen LogP contribution is 2.21. The van der Waals surface area contributed by atoms with E-state index in [1.165, 1.54) is 0 Å². The minimum absolute atomic E-state index is 0. The molecule has 0 radical (unpaired) electrons. The lowest BCUT2D eigenvalue weighted by molar-refractivity contribution is -0.131. The third-order valence-corrected chi connectivity index (χ3v) is 3.15. The summed E-state index contributed by atoms with van der Waals surface area (Å²) in [6.07, 6.45) is 2.69. The molecule has 1 amide bonds. The number of carbonyl (C=O) groups is 1. The van der Waals surface area contributed by atoms with Crippen LogP contribution >= 0.6 is 12.4 Å². The predicted octanol–water partition coefficient (Wildman–Crippen LogP) is 1.07. The molecule has 0 bridgehead atoms. The van der Waals surface area contributed by atoms with Gasteiger partial charge in [-0.2, -0.15) is 0 Å². The van der Waals surface area contributed by atoms with E-state index < -0.39 is 6.04 Å². The molecule has 16 heavy (non-hydrogen) atoms. The van der Waals surface area contributed by atoms with E-state index >= 15 is 0 Å². The number of carbonyl (C=O) groups excluding carboxylic acids is 1. The molecular formula is C9H16ClN5O. The Balaban J connectivity index is 0.00000128. The van der Waals surface area contributed by atoms with Crippen LogP contribution in [-0.4, -0.2) is 42.5 Å². The fraction of sp³-hybridized carbons (Fsp3) is 0.889. The van der Waals surface area contributed by atoms with Crippen molar-refractivity contribution < 1.29 is 4.79 Å². The molecule has 7 heteroatoms. The Morgan fingerprint density at radius 3 is 2.69 bits per heavy atom. The Kier molecular flexibility index (Phi) is 4.86. The van der Waals surface area contributed by atoms with Crippen molar-refractivity contribution in [2.24, 2.45) is 5.11 Å². The summed E-state index contributed by atoms with van der Waals surface area (Å²) in [7, 11) is 0. The largest absolute Gasteiger partial charge is 0.339 e. The van der Waals surface area contributed by atoms with Crippen LogP contribution in [0.25, 0.3) is 10.4 Å². The van der Waals surface area contributed by atoms with E-state index in [1.807, 2.05) is 4.90 Å². The number of hydrogen-bond donors (Lipinski definition) is 1. The third kappa shape index (κ3) is 2.58. The van der Waals surface area contributed by atoms with Crippen molar-refractivity contribution in [2.75, 3.05) is 19.6 Å². The van der Waals surface area contributed by atoms with Gasteiger partial charge in [0.25, 0.3) is 0 Å². The van der Waals surface area contributed by atoms with Gasteiger partial charge >= 0.3 is 0 Å². The molecule has 1 N–H and O–H groups in total. The standard InChI is InChI=1S/C9H15N5O.ClH/c10-13-12-8-3-6-14(9(8)15)7-1-4-11-5-2-7;/h7-8,11H,1-6H2;1H. The van der Waals surface area contributed by atoms with Crippen LogP contribution in [-0.2, 0) is 4.79 Å². The molecule has 2 aliphatic heterocycles. The van der Waals surface area contributed by atoms with Gasteiger partial charge in [-0.1, -0.05) is 5.11 Å². The molecular weight excluding hydrogens is 230 g/mol. The van der Waals surface area contributed by atoms with Crippen LogP contribution < -0.4 is 5.32 Å². The molecule has 0 saturated carbocycles. The van der Waals surface area contributed by atoms with Crippen LogP contribution in [0.5, 0.6) is 0 Å². The van der Waals surface area contributed by atoms with E-state index in [0.29, 0.717) is 12.5 Å². The van der Waals surface area contributed by atoms with E-state index in [4.69, 9.17) is 5.53 Å². The number of nitrogens with zero attached hydrogens (tertiary/aromatic N) is 4. The van der Waals surface area contributed by atoms with Crippen LogP contribution in [0, 0.1) is 0 Å². The molecule has 0 spiro atoms. The predicted molar refractivity (Wildman–Crippen MR) is 62.4 cm³/mol. The molecule has 0 aromatic heterocycles. The zero-order valence-corrected chi connectivity index (χ0v) is 9.82. The highest BCUT2D eigenvalue weighted by molar-refractivity contribution is 5.85. The molecule has 2 fully saturated rings. The van der Waals surface area contributed by atoms with Crippen molar-refractivity contribution in [2.45, 2.75) is 31.3 Å². The van der Waals surface area contributed by atoms with Crippen LogP contribution in [0.1, 0.15) is 19.3 Å². The summed E-state index contributed by atoms with van der Waals surface area (Å²) in [5.74, 6) is 0.0136. The van der Waals surface area contributed by atoms with Crippen molar-refractivity contribution in [1.29, 1.82) is 0 Å². The number of piperidine rings is 1. The van der Waals surface area contributed by atoms with Crippen molar-refractivity contribution in [3.05, 3.63) is 10.4 Å². The van der Waals surface area contributed by atoms with Crippen LogP contribution in [0.3, 0.4) is 0 Å². The number of nitrogens with one attached hydrogen (secondary N) is 1. The fourth-order valence-corrected chi connectivity index (χ4v) is 2.34. The first kappa shape index (κ1) is 13.1. The first-order chi connectivity index (χ1) is 7.33. The maximum Gasteiger partial charge on any atom is 0.231 e. The van der Waals surface area contributed by atoms with Gasteiger partial charge in [-0.15, -0.1) is 12.4 Å². The quantitative estimate of drug-likeness (QED) is 0.449. The number of rotatable bonds is 2. The Morgan fingerprint density at radius 2 is 2.06 bits per heavy atom. The highest BCUT2D eigenvalue weighted by atomic mass is 35.5. The molecule has 1 unspecified atom stereocenters. The lowest BCUT2D eigenvalue weighted by atomic mass is 10.1. The monoisotopic (exact) mass is 245 g/mol. The van der Waals surface area contributed by atoms with E-state index in [2.05, 4.69) is 15.3 Å². The summed E-state index contributed by atoms with van der Waals surface area (Å²) in [5.41, 5.74) is 8.32. The molecule has 2 heterocycles. The summed E-state index contributed by atoms with van der Waals surface area (Å²) in [5, 5.41) is 6.79. The maximum atomic E-state index is 11.8. The van der Waals surface area contributed by atoms with Crippen LogP contribution in [0.4, 0.5) is 0 Å². The summed E-state index contributed by atoms with van der Waals surface area (Å²) in [6, 6.07) is -0.109.